The Morgan fingerprint density at radius 2 is 1.68 bits per heavy atom. The molecule has 7 heteroatoms. The smallest absolute Gasteiger partial charge is 0.234 e. The fourth-order valence-electron chi connectivity index (χ4n) is 2.04. The number of methoxy groups -OCH3 is 1. The minimum atomic E-state index is -0.276. The van der Waals surface area contributed by atoms with Crippen molar-refractivity contribution in [1.82, 2.24) is 0 Å². The molecular formula is C18H20N2O4S. The second-order valence-electron chi connectivity index (χ2n) is 5.34. The highest BCUT2D eigenvalue weighted by Crippen LogP contribution is 2.24. The molecule has 2 aromatic carbocycles. The van der Waals surface area contributed by atoms with E-state index in [9.17, 15) is 14.7 Å². The van der Waals surface area contributed by atoms with Crippen LogP contribution in [0.4, 0.5) is 11.4 Å². The van der Waals surface area contributed by atoms with Crippen LogP contribution in [0.15, 0.2) is 42.5 Å². The minimum absolute atomic E-state index is 0.0237. The predicted octanol–water partition coefficient (Wildman–Crippen LogP) is 3.02. The fourth-order valence-corrected chi connectivity index (χ4v) is 2.66. The Labute approximate surface area is 150 Å². The molecule has 0 heterocycles. The monoisotopic (exact) mass is 360 g/mol. The van der Waals surface area contributed by atoms with Crippen LogP contribution >= 0.6 is 11.8 Å². The number of benzene rings is 2. The Bertz CT molecular complexity index is 747. The SMILES string of the molecule is COc1ccc(NC(=O)CSCC(=O)Nc2ccc(C)cc2O)cc1. The van der Waals surface area contributed by atoms with E-state index in [2.05, 4.69) is 10.6 Å². The summed E-state index contributed by atoms with van der Waals surface area (Å²) in [5.74, 6) is 0.532. The third-order valence-corrected chi connectivity index (χ3v) is 4.20. The molecule has 25 heavy (non-hydrogen) atoms. The lowest BCUT2D eigenvalue weighted by molar-refractivity contribution is -0.114. The van der Waals surface area contributed by atoms with Gasteiger partial charge in [-0.1, -0.05) is 6.07 Å². The van der Waals surface area contributed by atoms with Gasteiger partial charge in [0, 0.05) is 5.69 Å². The molecule has 2 aromatic rings. The van der Waals surface area contributed by atoms with Gasteiger partial charge in [0.25, 0.3) is 0 Å². The second-order valence-corrected chi connectivity index (χ2v) is 6.32. The lowest BCUT2D eigenvalue weighted by Gasteiger charge is -2.08. The summed E-state index contributed by atoms with van der Waals surface area (Å²) in [6.45, 7) is 1.85. The van der Waals surface area contributed by atoms with Gasteiger partial charge in [-0.05, 0) is 48.9 Å². The minimum Gasteiger partial charge on any atom is -0.506 e. The highest BCUT2D eigenvalue weighted by atomic mass is 32.2. The molecule has 0 aliphatic rings. The normalized spacial score (nSPS) is 10.2. The molecule has 0 atom stereocenters. The first kappa shape index (κ1) is 18.7. The zero-order valence-electron chi connectivity index (χ0n) is 14.0. The number of phenols is 1. The van der Waals surface area contributed by atoms with Crippen molar-refractivity contribution in [3.63, 3.8) is 0 Å². The molecule has 6 nitrogen and oxygen atoms in total. The summed E-state index contributed by atoms with van der Waals surface area (Å²) in [4.78, 5) is 23.7. The van der Waals surface area contributed by atoms with E-state index in [1.54, 1.807) is 49.6 Å². The van der Waals surface area contributed by atoms with Crippen molar-refractivity contribution in [2.75, 3.05) is 29.2 Å². The molecule has 0 bridgehead atoms. The van der Waals surface area contributed by atoms with Gasteiger partial charge in [0.05, 0.1) is 24.3 Å². The van der Waals surface area contributed by atoms with E-state index in [1.165, 1.54) is 11.8 Å². The molecule has 0 spiro atoms. The summed E-state index contributed by atoms with van der Waals surface area (Å²) in [6.07, 6.45) is 0. The van der Waals surface area contributed by atoms with Crippen molar-refractivity contribution < 1.29 is 19.4 Å². The average molecular weight is 360 g/mol. The summed E-state index contributed by atoms with van der Waals surface area (Å²) in [6, 6.07) is 12.0. The molecule has 3 N–H and O–H groups in total. The number of rotatable bonds is 7. The van der Waals surface area contributed by atoms with Gasteiger partial charge >= 0.3 is 0 Å². The van der Waals surface area contributed by atoms with Crippen LogP contribution in [0.5, 0.6) is 11.5 Å². The first-order valence-electron chi connectivity index (χ1n) is 7.59. The van der Waals surface area contributed by atoms with Crippen LogP contribution in [-0.2, 0) is 9.59 Å². The molecule has 0 radical (unpaired) electrons. The number of aryl methyl sites for hydroxylation is 1. The quantitative estimate of drug-likeness (QED) is 0.661. The van der Waals surface area contributed by atoms with Gasteiger partial charge < -0.3 is 20.5 Å². The average Bonchev–Trinajstić information content (AvgIpc) is 2.58. The lowest BCUT2D eigenvalue weighted by Crippen LogP contribution is -2.18. The molecule has 2 rings (SSSR count). The van der Waals surface area contributed by atoms with Crippen molar-refractivity contribution in [3.05, 3.63) is 48.0 Å². The van der Waals surface area contributed by atoms with Gasteiger partial charge in [-0.3, -0.25) is 9.59 Å². The molecule has 0 saturated heterocycles. The van der Waals surface area contributed by atoms with Crippen LogP contribution < -0.4 is 15.4 Å². The number of hydrogen-bond donors (Lipinski definition) is 3. The number of ether oxygens (including phenoxy) is 1. The number of nitrogens with one attached hydrogen (secondary N) is 2. The Morgan fingerprint density at radius 1 is 1.04 bits per heavy atom. The summed E-state index contributed by atoms with van der Waals surface area (Å²) < 4.78 is 5.05. The van der Waals surface area contributed by atoms with Crippen LogP contribution in [0.1, 0.15) is 5.56 Å². The standard InChI is InChI=1S/C18H20N2O4S/c1-12-3-8-15(16(21)9-12)20-18(23)11-25-10-17(22)19-13-4-6-14(24-2)7-5-13/h3-9,21H,10-11H2,1-2H3,(H,19,22)(H,20,23). The number of amides is 2. The second kappa shape index (κ2) is 8.98. The van der Waals surface area contributed by atoms with E-state index in [-0.39, 0.29) is 29.1 Å². The van der Waals surface area contributed by atoms with Crippen LogP contribution in [-0.4, -0.2) is 35.5 Å². The van der Waals surface area contributed by atoms with Crippen molar-refractivity contribution in [3.8, 4) is 11.5 Å². The molecule has 0 saturated carbocycles. The van der Waals surface area contributed by atoms with Gasteiger partial charge in [-0.25, -0.2) is 0 Å². The number of phenolic OH excluding ortho intramolecular Hbond substituents is 1. The van der Waals surface area contributed by atoms with Gasteiger partial charge in [0.2, 0.25) is 11.8 Å². The Morgan fingerprint density at radius 3 is 2.28 bits per heavy atom. The van der Waals surface area contributed by atoms with E-state index in [0.29, 0.717) is 17.1 Å². The number of aromatic hydroxyl groups is 1. The van der Waals surface area contributed by atoms with Gasteiger partial charge in [0.1, 0.15) is 11.5 Å². The summed E-state index contributed by atoms with van der Waals surface area (Å²) >= 11 is 1.19. The highest BCUT2D eigenvalue weighted by molar-refractivity contribution is 8.00. The maximum atomic E-state index is 11.9. The molecular weight excluding hydrogens is 340 g/mol. The molecule has 2 amide bonds. The number of hydrogen-bond acceptors (Lipinski definition) is 5. The number of carbonyl (C=O) groups is 2. The van der Waals surface area contributed by atoms with Crippen LogP contribution in [0.3, 0.4) is 0 Å². The Kier molecular flexibility index (Phi) is 6.71. The maximum absolute atomic E-state index is 11.9. The lowest BCUT2D eigenvalue weighted by atomic mass is 10.2. The molecule has 0 aliphatic carbocycles. The van der Waals surface area contributed by atoms with Gasteiger partial charge in [0.15, 0.2) is 0 Å². The maximum Gasteiger partial charge on any atom is 0.234 e. The third kappa shape index (κ3) is 6.04. The van der Waals surface area contributed by atoms with Crippen molar-refractivity contribution in [2.45, 2.75) is 6.92 Å². The predicted molar refractivity (Wildman–Crippen MR) is 100 cm³/mol. The Balaban J connectivity index is 1.73. The number of thioether (sulfide) groups is 1. The fraction of sp³-hybridized carbons (Fsp3) is 0.222. The molecule has 0 unspecified atom stereocenters. The van der Waals surface area contributed by atoms with Crippen LogP contribution in [0, 0.1) is 6.92 Å². The molecule has 132 valence electrons. The third-order valence-electron chi connectivity index (χ3n) is 3.27. The first-order chi connectivity index (χ1) is 12.0. The van der Waals surface area contributed by atoms with E-state index >= 15 is 0 Å². The molecule has 0 fully saturated rings. The summed E-state index contributed by atoms with van der Waals surface area (Å²) in [7, 11) is 1.58. The highest BCUT2D eigenvalue weighted by Gasteiger charge is 2.09. The van der Waals surface area contributed by atoms with E-state index in [1.807, 2.05) is 6.92 Å². The number of carbonyl (C=O) groups excluding carboxylic acids is 2. The van der Waals surface area contributed by atoms with Gasteiger partial charge in [-0.2, -0.15) is 0 Å². The van der Waals surface area contributed by atoms with Gasteiger partial charge in [-0.15, -0.1) is 11.8 Å². The zero-order chi connectivity index (χ0) is 18.2. The first-order valence-corrected chi connectivity index (χ1v) is 8.74. The van der Waals surface area contributed by atoms with Crippen molar-refractivity contribution in [2.24, 2.45) is 0 Å². The molecule has 0 aliphatic heterocycles. The van der Waals surface area contributed by atoms with Crippen molar-refractivity contribution in [1.29, 1.82) is 0 Å². The zero-order valence-corrected chi connectivity index (χ0v) is 14.9. The Hall–Kier alpha value is -2.67. The van der Waals surface area contributed by atoms with E-state index in [0.717, 1.165) is 5.56 Å². The number of anilines is 2. The largest absolute Gasteiger partial charge is 0.506 e. The summed E-state index contributed by atoms with van der Waals surface area (Å²) in [5, 5.41) is 15.1. The topological polar surface area (TPSA) is 87.7 Å². The van der Waals surface area contributed by atoms with Crippen molar-refractivity contribution >= 4 is 35.0 Å². The van der Waals surface area contributed by atoms with E-state index < -0.39 is 0 Å². The van der Waals surface area contributed by atoms with Crippen LogP contribution in [0.25, 0.3) is 0 Å². The molecule has 0 aromatic heterocycles. The van der Waals surface area contributed by atoms with Crippen LogP contribution in [0.2, 0.25) is 0 Å². The summed E-state index contributed by atoms with van der Waals surface area (Å²) in [5.41, 5.74) is 1.93. The van der Waals surface area contributed by atoms with E-state index in [4.69, 9.17) is 4.74 Å².